The van der Waals surface area contributed by atoms with Gasteiger partial charge in [-0.1, -0.05) is 27.7 Å². The van der Waals surface area contributed by atoms with Gasteiger partial charge < -0.3 is 5.32 Å². The van der Waals surface area contributed by atoms with E-state index in [-0.39, 0.29) is 5.41 Å². The largest absolute Gasteiger partial charge is 0.309 e. The Hall–Kier alpha value is -0.850. The van der Waals surface area contributed by atoms with Crippen LogP contribution in [0, 0.1) is 16.7 Å². The average Bonchev–Trinajstić information content (AvgIpc) is 2.64. The number of thiophene rings is 1. The van der Waals surface area contributed by atoms with Crippen molar-refractivity contribution in [1.29, 1.82) is 5.26 Å². The zero-order valence-corrected chi connectivity index (χ0v) is 11.3. The molecule has 0 spiro atoms. The molecule has 1 heterocycles. The van der Waals surface area contributed by atoms with Crippen LogP contribution in [0.2, 0.25) is 0 Å². The van der Waals surface area contributed by atoms with Crippen LogP contribution in [0.3, 0.4) is 0 Å². The van der Waals surface area contributed by atoms with Crippen molar-refractivity contribution in [2.24, 2.45) is 5.41 Å². The lowest BCUT2D eigenvalue weighted by Crippen LogP contribution is -2.39. The Kier molecular flexibility index (Phi) is 4.52. The van der Waals surface area contributed by atoms with E-state index in [1.165, 1.54) is 4.88 Å². The van der Waals surface area contributed by atoms with E-state index in [1.807, 2.05) is 12.1 Å². The lowest BCUT2D eigenvalue weighted by Gasteiger charge is -2.30. The first-order chi connectivity index (χ1) is 7.47. The third kappa shape index (κ3) is 3.62. The summed E-state index contributed by atoms with van der Waals surface area (Å²) in [7, 11) is 0. The van der Waals surface area contributed by atoms with Gasteiger partial charge in [-0.25, -0.2) is 0 Å². The van der Waals surface area contributed by atoms with Crippen molar-refractivity contribution in [3.63, 3.8) is 0 Å². The highest BCUT2D eigenvalue weighted by atomic mass is 32.1. The third-order valence-electron chi connectivity index (χ3n) is 2.75. The lowest BCUT2D eigenvalue weighted by molar-refractivity contribution is 0.260. The molecule has 1 aromatic heterocycles. The van der Waals surface area contributed by atoms with Gasteiger partial charge in [0.25, 0.3) is 0 Å². The molecule has 2 nitrogen and oxygen atoms in total. The number of hydrogen-bond acceptors (Lipinski definition) is 3. The van der Waals surface area contributed by atoms with E-state index in [0.29, 0.717) is 6.04 Å². The van der Waals surface area contributed by atoms with Crippen LogP contribution in [0.15, 0.2) is 12.1 Å². The van der Waals surface area contributed by atoms with Crippen molar-refractivity contribution in [2.75, 3.05) is 0 Å². The first kappa shape index (κ1) is 13.2. The molecular weight excluding hydrogens is 216 g/mol. The molecule has 0 aromatic carbocycles. The molecule has 88 valence electrons. The van der Waals surface area contributed by atoms with Gasteiger partial charge in [-0.05, 0) is 24.0 Å². The number of nitrogens with zero attached hydrogens (tertiary/aromatic N) is 1. The van der Waals surface area contributed by atoms with Crippen LogP contribution < -0.4 is 5.32 Å². The summed E-state index contributed by atoms with van der Waals surface area (Å²) in [6.45, 7) is 9.83. The van der Waals surface area contributed by atoms with Crippen molar-refractivity contribution >= 4 is 11.3 Å². The highest BCUT2D eigenvalue weighted by Gasteiger charge is 2.22. The van der Waals surface area contributed by atoms with Gasteiger partial charge >= 0.3 is 0 Å². The maximum atomic E-state index is 8.74. The quantitative estimate of drug-likeness (QED) is 0.868. The Morgan fingerprint density at radius 2 is 2.12 bits per heavy atom. The zero-order valence-electron chi connectivity index (χ0n) is 10.5. The number of rotatable bonds is 4. The molecule has 0 saturated heterocycles. The van der Waals surface area contributed by atoms with E-state index in [1.54, 1.807) is 11.3 Å². The minimum absolute atomic E-state index is 0.282. The smallest absolute Gasteiger partial charge is 0.110 e. The topological polar surface area (TPSA) is 35.8 Å². The second kappa shape index (κ2) is 5.47. The summed E-state index contributed by atoms with van der Waals surface area (Å²) in [4.78, 5) is 2.03. The molecule has 1 rings (SSSR count). The lowest BCUT2D eigenvalue weighted by atomic mass is 9.85. The van der Waals surface area contributed by atoms with Crippen LogP contribution >= 0.6 is 11.3 Å². The van der Waals surface area contributed by atoms with Gasteiger partial charge in [-0.15, -0.1) is 11.3 Å². The molecule has 0 aliphatic heterocycles. The molecule has 0 fully saturated rings. The Labute approximate surface area is 102 Å². The Balaban J connectivity index is 2.53. The summed E-state index contributed by atoms with van der Waals surface area (Å²) in [5.74, 6) is 0. The van der Waals surface area contributed by atoms with Gasteiger partial charge in [0.1, 0.15) is 10.9 Å². The minimum atomic E-state index is 0.282. The first-order valence-electron chi connectivity index (χ1n) is 5.69. The van der Waals surface area contributed by atoms with Crippen LogP contribution in [0.4, 0.5) is 0 Å². The summed E-state index contributed by atoms with van der Waals surface area (Å²) in [5, 5.41) is 12.3. The molecule has 0 aliphatic rings. The van der Waals surface area contributed by atoms with Gasteiger partial charge in [-0.2, -0.15) is 5.26 Å². The average molecular weight is 236 g/mol. The number of hydrogen-bond donors (Lipinski definition) is 1. The van der Waals surface area contributed by atoms with Gasteiger partial charge in [0.15, 0.2) is 0 Å². The maximum absolute atomic E-state index is 8.74. The molecule has 1 N–H and O–H groups in total. The van der Waals surface area contributed by atoms with E-state index in [4.69, 9.17) is 5.26 Å². The molecule has 1 unspecified atom stereocenters. The summed E-state index contributed by atoms with van der Waals surface area (Å²) in [6.07, 6.45) is 1.12. The van der Waals surface area contributed by atoms with E-state index >= 15 is 0 Å². The second-order valence-corrected chi connectivity index (χ2v) is 6.25. The molecule has 16 heavy (non-hydrogen) atoms. The summed E-state index contributed by atoms with van der Waals surface area (Å²) < 4.78 is 0. The maximum Gasteiger partial charge on any atom is 0.110 e. The summed E-state index contributed by atoms with van der Waals surface area (Å²) in [5.41, 5.74) is 0.282. The number of nitrogens with one attached hydrogen (secondary N) is 1. The minimum Gasteiger partial charge on any atom is -0.309 e. The molecular formula is C13H20N2S. The van der Waals surface area contributed by atoms with Crippen LogP contribution in [0.25, 0.3) is 0 Å². The summed E-state index contributed by atoms with van der Waals surface area (Å²) in [6, 6.07) is 6.61. The third-order valence-corrected chi connectivity index (χ3v) is 3.74. The number of nitriles is 1. The first-order valence-corrected chi connectivity index (χ1v) is 6.51. The fourth-order valence-electron chi connectivity index (χ4n) is 1.82. The molecule has 0 radical (unpaired) electrons. The predicted molar refractivity (Wildman–Crippen MR) is 69.4 cm³/mol. The Bertz CT molecular complexity index is 368. The highest BCUT2D eigenvalue weighted by Crippen LogP contribution is 2.23. The molecule has 0 saturated carbocycles. The molecule has 1 atom stereocenters. The molecule has 0 aliphatic carbocycles. The normalized spacial score (nSPS) is 13.4. The second-order valence-electron chi connectivity index (χ2n) is 5.09. The van der Waals surface area contributed by atoms with Crippen LogP contribution in [0.5, 0.6) is 0 Å². The van der Waals surface area contributed by atoms with E-state index in [0.717, 1.165) is 17.8 Å². The van der Waals surface area contributed by atoms with E-state index in [2.05, 4.69) is 39.1 Å². The fourth-order valence-corrected chi connectivity index (χ4v) is 2.58. The Morgan fingerprint density at radius 1 is 1.44 bits per heavy atom. The van der Waals surface area contributed by atoms with Crippen molar-refractivity contribution in [3.05, 3.63) is 21.9 Å². The molecule has 0 bridgehead atoms. The Morgan fingerprint density at radius 3 is 2.56 bits per heavy atom. The highest BCUT2D eigenvalue weighted by molar-refractivity contribution is 7.12. The molecule has 0 amide bonds. The van der Waals surface area contributed by atoms with Gasteiger partial charge in [0.2, 0.25) is 0 Å². The monoisotopic (exact) mass is 236 g/mol. The van der Waals surface area contributed by atoms with Crippen molar-refractivity contribution in [2.45, 2.75) is 46.7 Å². The van der Waals surface area contributed by atoms with Crippen molar-refractivity contribution in [1.82, 2.24) is 5.32 Å². The van der Waals surface area contributed by atoms with Crippen LogP contribution in [0.1, 0.15) is 43.9 Å². The molecule has 3 heteroatoms. The van der Waals surface area contributed by atoms with Gasteiger partial charge in [0.05, 0.1) is 0 Å². The van der Waals surface area contributed by atoms with Gasteiger partial charge in [0, 0.05) is 17.5 Å². The SMILES string of the molecule is CCC(NCc1ccc(C#N)s1)C(C)(C)C. The van der Waals surface area contributed by atoms with Gasteiger partial charge in [-0.3, -0.25) is 0 Å². The van der Waals surface area contributed by atoms with Crippen LogP contribution in [-0.2, 0) is 6.54 Å². The standard InChI is InChI=1S/C13H20N2S/c1-5-12(13(2,3)4)15-9-11-7-6-10(8-14)16-11/h6-7,12,15H,5,9H2,1-4H3. The molecule has 1 aromatic rings. The predicted octanol–water partition coefficient (Wildman–Crippen LogP) is 3.53. The van der Waals surface area contributed by atoms with E-state index < -0.39 is 0 Å². The van der Waals surface area contributed by atoms with Crippen molar-refractivity contribution in [3.8, 4) is 6.07 Å². The van der Waals surface area contributed by atoms with E-state index in [9.17, 15) is 0 Å². The zero-order chi connectivity index (χ0) is 12.2. The fraction of sp³-hybridized carbons (Fsp3) is 0.615. The summed E-state index contributed by atoms with van der Waals surface area (Å²) >= 11 is 1.57. The van der Waals surface area contributed by atoms with Crippen molar-refractivity contribution < 1.29 is 0 Å². The van der Waals surface area contributed by atoms with Crippen LogP contribution in [-0.4, -0.2) is 6.04 Å².